The van der Waals surface area contributed by atoms with E-state index >= 15 is 0 Å². The highest BCUT2D eigenvalue weighted by molar-refractivity contribution is 6.58. The van der Waals surface area contributed by atoms with Gasteiger partial charge in [0.2, 0.25) is 0 Å². The van der Waals surface area contributed by atoms with Crippen LogP contribution in [0.3, 0.4) is 0 Å². The standard InChI is InChI=1S/C16H16Cl2N2O/c17-16(18)14-8-13(7-6-12(14)9-19)20(15(16)21)10-11-4-2-1-3-5-11/h1-5,12-14H,6-8,10H2/t12-,13-,14-/m1/s1. The van der Waals surface area contributed by atoms with E-state index in [2.05, 4.69) is 6.07 Å². The Balaban J connectivity index is 1.87. The average Bonchev–Trinajstić information content (AvgIpc) is 2.51. The van der Waals surface area contributed by atoms with Gasteiger partial charge in [-0.15, -0.1) is 0 Å². The van der Waals surface area contributed by atoms with E-state index in [9.17, 15) is 10.1 Å². The van der Waals surface area contributed by atoms with Crippen LogP contribution in [-0.2, 0) is 11.3 Å². The minimum atomic E-state index is -1.48. The molecule has 1 heterocycles. The lowest BCUT2D eigenvalue weighted by molar-refractivity contribution is -0.143. The van der Waals surface area contributed by atoms with E-state index in [-0.39, 0.29) is 23.8 Å². The van der Waals surface area contributed by atoms with Crippen molar-refractivity contribution in [3.05, 3.63) is 35.9 Å². The quantitative estimate of drug-likeness (QED) is 0.782. The van der Waals surface area contributed by atoms with E-state index in [1.807, 2.05) is 30.3 Å². The van der Waals surface area contributed by atoms with Gasteiger partial charge in [0.05, 0.1) is 12.0 Å². The Morgan fingerprint density at radius 3 is 2.67 bits per heavy atom. The van der Waals surface area contributed by atoms with Gasteiger partial charge in [-0.05, 0) is 24.8 Å². The van der Waals surface area contributed by atoms with Crippen molar-refractivity contribution in [1.82, 2.24) is 4.90 Å². The Bertz CT molecular complexity index is 582. The smallest absolute Gasteiger partial charge is 0.259 e. The number of carbonyl (C=O) groups excluding carboxylic acids is 1. The Hall–Kier alpha value is -1.24. The number of rotatable bonds is 2. The summed E-state index contributed by atoms with van der Waals surface area (Å²) in [6.45, 7) is 0.523. The van der Waals surface area contributed by atoms with Crippen molar-refractivity contribution in [3.8, 4) is 6.07 Å². The second kappa shape index (κ2) is 5.51. The molecule has 1 aliphatic carbocycles. The maximum atomic E-state index is 12.7. The molecule has 0 aromatic heterocycles. The van der Waals surface area contributed by atoms with Crippen LogP contribution in [-0.4, -0.2) is 21.2 Å². The van der Waals surface area contributed by atoms with Crippen molar-refractivity contribution in [2.75, 3.05) is 0 Å². The molecule has 3 atom stereocenters. The van der Waals surface area contributed by atoms with Gasteiger partial charge in [0.1, 0.15) is 0 Å². The summed E-state index contributed by atoms with van der Waals surface area (Å²) in [4.78, 5) is 14.5. The van der Waals surface area contributed by atoms with E-state index in [0.29, 0.717) is 13.0 Å². The third kappa shape index (κ3) is 2.52. The fraction of sp³-hybridized carbons (Fsp3) is 0.500. The molecule has 1 saturated carbocycles. The molecular weight excluding hydrogens is 307 g/mol. The van der Waals surface area contributed by atoms with Crippen LogP contribution in [0.4, 0.5) is 0 Å². The number of nitrogens with zero attached hydrogens (tertiary/aromatic N) is 2. The number of piperidine rings is 1. The number of alkyl halides is 2. The molecule has 1 aromatic carbocycles. The number of hydrogen-bond acceptors (Lipinski definition) is 2. The monoisotopic (exact) mass is 322 g/mol. The molecule has 110 valence electrons. The van der Waals surface area contributed by atoms with E-state index in [1.54, 1.807) is 4.90 Å². The number of carbonyl (C=O) groups is 1. The van der Waals surface area contributed by atoms with E-state index in [0.717, 1.165) is 18.4 Å². The van der Waals surface area contributed by atoms with Gasteiger partial charge in [-0.25, -0.2) is 0 Å². The summed E-state index contributed by atoms with van der Waals surface area (Å²) >= 11 is 12.7. The molecule has 2 fully saturated rings. The summed E-state index contributed by atoms with van der Waals surface area (Å²) in [5, 5.41) is 9.23. The Labute approximate surface area is 134 Å². The molecule has 2 bridgehead atoms. The van der Waals surface area contributed by atoms with E-state index in [4.69, 9.17) is 23.2 Å². The van der Waals surface area contributed by atoms with E-state index < -0.39 is 4.33 Å². The first-order valence-corrected chi connectivity index (χ1v) is 7.92. The minimum absolute atomic E-state index is 0.137. The second-order valence-corrected chi connectivity index (χ2v) is 7.24. The Morgan fingerprint density at radius 1 is 1.29 bits per heavy atom. The highest BCUT2D eigenvalue weighted by atomic mass is 35.5. The Morgan fingerprint density at radius 2 is 2.00 bits per heavy atom. The van der Waals surface area contributed by atoms with Gasteiger partial charge in [0, 0.05) is 18.5 Å². The lowest BCUT2D eigenvalue weighted by Crippen LogP contribution is -2.60. The summed E-state index contributed by atoms with van der Waals surface area (Å²) in [7, 11) is 0. The number of benzene rings is 1. The molecule has 0 spiro atoms. The molecule has 0 radical (unpaired) electrons. The molecule has 21 heavy (non-hydrogen) atoms. The van der Waals surface area contributed by atoms with Crippen LogP contribution in [0.2, 0.25) is 0 Å². The third-order valence-corrected chi connectivity index (χ3v) is 5.52. The van der Waals surface area contributed by atoms with Crippen LogP contribution >= 0.6 is 23.2 Å². The number of nitriles is 1. The highest BCUT2D eigenvalue weighted by Crippen LogP contribution is 2.49. The molecule has 0 unspecified atom stereocenters. The summed E-state index contributed by atoms with van der Waals surface area (Å²) in [6.07, 6.45) is 2.31. The van der Waals surface area contributed by atoms with Crippen molar-refractivity contribution < 1.29 is 4.79 Å². The van der Waals surface area contributed by atoms with Gasteiger partial charge in [0.25, 0.3) is 5.91 Å². The van der Waals surface area contributed by atoms with Crippen molar-refractivity contribution >= 4 is 29.1 Å². The Kier molecular flexibility index (Phi) is 3.86. The van der Waals surface area contributed by atoms with Crippen LogP contribution in [0, 0.1) is 23.2 Å². The van der Waals surface area contributed by atoms with Crippen LogP contribution in [0.15, 0.2) is 30.3 Å². The van der Waals surface area contributed by atoms with E-state index in [1.165, 1.54) is 0 Å². The first kappa shape index (κ1) is 14.7. The summed E-state index contributed by atoms with van der Waals surface area (Å²) < 4.78 is -1.48. The van der Waals surface area contributed by atoms with Crippen molar-refractivity contribution in [2.45, 2.75) is 36.2 Å². The number of hydrogen-bond donors (Lipinski definition) is 0. The molecule has 2 aliphatic rings. The van der Waals surface area contributed by atoms with Gasteiger partial charge in [-0.2, -0.15) is 5.26 Å². The fourth-order valence-electron chi connectivity index (χ4n) is 3.48. The van der Waals surface area contributed by atoms with Gasteiger partial charge in [-0.3, -0.25) is 4.79 Å². The SMILES string of the molecule is N#C[C@H]1CC[C@@H]2C[C@H]1C(Cl)(Cl)C(=O)N2Cc1ccccc1. The lowest BCUT2D eigenvalue weighted by Gasteiger charge is -2.49. The van der Waals surface area contributed by atoms with Gasteiger partial charge in [-0.1, -0.05) is 53.5 Å². The van der Waals surface area contributed by atoms with Crippen LogP contribution in [0.25, 0.3) is 0 Å². The molecule has 5 heteroatoms. The highest BCUT2D eigenvalue weighted by Gasteiger charge is 2.56. The number of halogens is 2. The summed E-state index contributed by atoms with van der Waals surface area (Å²) in [5.74, 6) is -0.737. The topological polar surface area (TPSA) is 44.1 Å². The molecule has 0 N–H and O–H groups in total. The molecule has 1 aromatic rings. The van der Waals surface area contributed by atoms with Crippen LogP contribution in [0.1, 0.15) is 24.8 Å². The van der Waals surface area contributed by atoms with Crippen LogP contribution < -0.4 is 0 Å². The fourth-order valence-corrected chi connectivity index (χ4v) is 4.18. The number of likely N-dealkylation sites (tertiary alicyclic amines) is 1. The normalized spacial score (nSPS) is 30.8. The maximum absolute atomic E-state index is 12.7. The first-order chi connectivity index (χ1) is 10.0. The molecule has 1 saturated heterocycles. The lowest BCUT2D eigenvalue weighted by atomic mass is 9.72. The molecular formula is C16H16Cl2N2O. The minimum Gasteiger partial charge on any atom is -0.333 e. The average molecular weight is 323 g/mol. The third-order valence-electron chi connectivity index (χ3n) is 4.64. The number of fused-ring (bicyclic) bond motifs is 2. The second-order valence-electron chi connectivity index (χ2n) is 5.85. The summed E-state index contributed by atoms with van der Waals surface area (Å²) in [6, 6.07) is 12.2. The van der Waals surface area contributed by atoms with Gasteiger partial charge < -0.3 is 4.90 Å². The van der Waals surface area contributed by atoms with Crippen molar-refractivity contribution in [1.29, 1.82) is 5.26 Å². The summed E-state index contributed by atoms with van der Waals surface area (Å²) in [5.41, 5.74) is 1.07. The molecule has 3 rings (SSSR count). The zero-order valence-electron chi connectivity index (χ0n) is 11.5. The zero-order chi connectivity index (χ0) is 15.0. The molecule has 1 aliphatic heterocycles. The van der Waals surface area contributed by atoms with Crippen LogP contribution in [0.5, 0.6) is 0 Å². The largest absolute Gasteiger partial charge is 0.333 e. The first-order valence-electron chi connectivity index (χ1n) is 7.16. The predicted octanol–water partition coefficient (Wildman–Crippen LogP) is 3.51. The maximum Gasteiger partial charge on any atom is 0.259 e. The van der Waals surface area contributed by atoms with Crippen molar-refractivity contribution in [2.24, 2.45) is 11.8 Å². The van der Waals surface area contributed by atoms with Gasteiger partial charge >= 0.3 is 0 Å². The zero-order valence-corrected chi connectivity index (χ0v) is 13.0. The number of amides is 1. The molecule has 3 nitrogen and oxygen atoms in total. The van der Waals surface area contributed by atoms with Gasteiger partial charge in [0.15, 0.2) is 4.33 Å². The molecule has 1 amide bonds. The predicted molar refractivity (Wildman–Crippen MR) is 81.7 cm³/mol. The van der Waals surface area contributed by atoms with Crippen molar-refractivity contribution in [3.63, 3.8) is 0 Å².